The first-order valence-corrected chi connectivity index (χ1v) is 8.72. The van der Waals surface area contributed by atoms with Crippen LogP contribution in [0, 0.1) is 0 Å². The van der Waals surface area contributed by atoms with Crippen LogP contribution in [0.25, 0.3) is 11.0 Å². The number of piperidine rings is 1. The van der Waals surface area contributed by atoms with Crippen LogP contribution < -0.4 is 0 Å². The number of hydrogen-bond donors (Lipinski definition) is 1. The topological polar surface area (TPSA) is 58.2 Å². The third kappa shape index (κ3) is 2.27. The van der Waals surface area contributed by atoms with E-state index in [1.165, 1.54) is 11.1 Å². The molecule has 2 aromatic carbocycles. The summed E-state index contributed by atoms with van der Waals surface area (Å²) in [5.41, 5.74) is 4.08. The Kier molecular flexibility index (Phi) is 3.18. The van der Waals surface area contributed by atoms with Gasteiger partial charge in [0, 0.05) is 13.1 Å². The molecule has 0 aliphatic carbocycles. The Labute approximate surface area is 145 Å². The Morgan fingerprint density at radius 2 is 1.84 bits per heavy atom. The second-order valence-corrected chi connectivity index (χ2v) is 6.83. The summed E-state index contributed by atoms with van der Waals surface area (Å²) in [6, 6.07) is 16.1. The number of rotatable bonds is 1. The number of imidazole rings is 1. The number of carbonyl (C=O) groups excluding carboxylic acids is 1. The van der Waals surface area contributed by atoms with Gasteiger partial charge in [0.05, 0.1) is 23.2 Å². The van der Waals surface area contributed by atoms with Crippen molar-refractivity contribution in [3.8, 4) is 0 Å². The standard InChI is InChI=1S/C20H19N3O2/c24-19(18-21-16-7-3-4-8-17(16)22-18)23-11-9-20(10-12-23)15-6-2-1-5-14(15)13-25-20/h1-8H,9-13H2,(H,21,22). The zero-order chi connectivity index (χ0) is 16.9. The highest BCUT2D eigenvalue weighted by atomic mass is 16.5. The maximum atomic E-state index is 12.8. The SMILES string of the molecule is O=C(c1nc2ccccc2[nH]1)N1CCC2(CC1)OCc1ccccc12. The van der Waals surface area contributed by atoms with E-state index in [0.717, 1.165) is 23.9 Å². The molecule has 0 saturated carbocycles. The number of likely N-dealkylation sites (tertiary alicyclic amines) is 1. The summed E-state index contributed by atoms with van der Waals surface area (Å²) in [7, 11) is 0. The van der Waals surface area contributed by atoms with Crippen molar-refractivity contribution in [2.45, 2.75) is 25.0 Å². The van der Waals surface area contributed by atoms with Crippen molar-refractivity contribution in [1.29, 1.82) is 0 Å². The fourth-order valence-corrected chi connectivity index (χ4v) is 4.07. The number of para-hydroxylation sites is 2. The van der Waals surface area contributed by atoms with Crippen molar-refractivity contribution >= 4 is 16.9 Å². The monoisotopic (exact) mass is 333 g/mol. The third-order valence-corrected chi connectivity index (χ3v) is 5.46. The van der Waals surface area contributed by atoms with E-state index >= 15 is 0 Å². The fraction of sp³-hybridized carbons (Fsp3) is 0.300. The molecule has 1 saturated heterocycles. The minimum atomic E-state index is -0.221. The number of ether oxygens (including phenoxy) is 1. The lowest BCUT2D eigenvalue weighted by molar-refractivity contribution is -0.0742. The highest BCUT2D eigenvalue weighted by Gasteiger charge is 2.43. The Balaban J connectivity index is 1.36. The summed E-state index contributed by atoms with van der Waals surface area (Å²) in [5, 5.41) is 0. The summed E-state index contributed by atoms with van der Waals surface area (Å²) in [6.07, 6.45) is 1.66. The molecule has 0 unspecified atom stereocenters. The fourth-order valence-electron chi connectivity index (χ4n) is 4.07. The molecule has 1 amide bonds. The normalized spacial score (nSPS) is 18.6. The van der Waals surface area contributed by atoms with E-state index in [0.29, 0.717) is 25.5 Å². The number of nitrogens with one attached hydrogen (secondary N) is 1. The number of fused-ring (bicyclic) bond motifs is 3. The quantitative estimate of drug-likeness (QED) is 0.744. The van der Waals surface area contributed by atoms with Crippen LogP contribution in [0.1, 0.15) is 34.6 Å². The van der Waals surface area contributed by atoms with E-state index in [1.54, 1.807) is 0 Å². The number of aromatic amines is 1. The molecule has 25 heavy (non-hydrogen) atoms. The first-order chi connectivity index (χ1) is 12.3. The number of H-pyrrole nitrogens is 1. The van der Waals surface area contributed by atoms with Crippen molar-refractivity contribution in [1.82, 2.24) is 14.9 Å². The molecule has 3 heterocycles. The number of hydrogen-bond acceptors (Lipinski definition) is 3. The highest BCUT2D eigenvalue weighted by Crippen LogP contribution is 2.44. The van der Waals surface area contributed by atoms with Crippen molar-refractivity contribution in [3.63, 3.8) is 0 Å². The van der Waals surface area contributed by atoms with Gasteiger partial charge < -0.3 is 14.6 Å². The molecule has 5 rings (SSSR count). The minimum absolute atomic E-state index is 0.0302. The smallest absolute Gasteiger partial charge is 0.289 e. The average molecular weight is 333 g/mol. The Morgan fingerprint density at radius 1 is 1.08 bits per heavy atom. The average Bonchev–Trinajstić information content (AvgIpc) is 3.25. The van der Waals surface area contributed by atoms with E-state index in [-0.39, 0.29) is 11.5 Å². The van der Waals surface area contributed by atoms with Crippen LogP contribution in [0.4, 0.5) is 0 Å². The highest BCUT2D eigenvalue weighted by molar-refractivity contribution is 5.94. The zero-order valence-electron chi connectivity index (χ0n) is 13.9. The molecular weight excluding hydrogens is 314 g/mol. The van der Waals surface area contributed by atoms with Crippen LogP contribution in [0.15, 0.2) is 48.5 Å². The lowest BCUT2D eigenvalue weighted by Gasteiger charge is -2.39. The van der Waals surface area contributed by atoms with Crippen LogP contribution in [0.5, 0.6) is 0 Å². The van der Waals surface area contributed by atoms with Crippen LogP contribution in [0.2, 0.25) is 0 Å². The molecule has 0 radical (unpaired) electrons. The second-order valence-electron chi connectivity index (χ2n) is 6.83. The lowest BCUT2D eigenvalue weighted by atomic mass is 9.84. The Bertz CT molecular complexity index is 921. The molecule has 5 nitrogen and oxygen atoms in total. The molecule has 2 aliphatic rings. The second kappa shape index (κ2) is 5.43. The van der Waals surface area contributed by atoms with E-state index < -0.39 is 0 Å². The molecule has 3 aromatic rings. The van der Waals surface area contributed by atoms with Crippen molar-refractivity contribution < 1.29 is 9.53 Å². The van der Waals surface area contributed by atoms with Gasteiger partial charge in [-0.05, 0) is 36.1 Å². The molecule has 1 spiro atoms. The van der Waals surface area contributed by atoms with Gasteiger partial charge in [0.1, 0.15) is 0 Å². The number of aromatic nitrogens is 2. The van der Waals surface area contributed by atoms with Crippen molar-refractivity contribution in [3.05, 3.63) is 65.5 Å². The minimum Gasteiger partial charge on any atom is -0.365 e. The predicted molar refractivity (Wildman–Crippen MR) is 94.1 cm³/mol. The number of benzene rings is 2. The molecule has 2 aliphatic heterocycles. The first-order valence-electron chi connectivity index (χ1n) is 8.72. The van der Waals surface area contributed by atoms with E-state index in [2.05, 4.69) is 34.2 Å². The van der Waals surface area contributed by atoms with Crippen LogP contribution in [-0.4, -0.2) is 33.9 Å². The van der Waals surface area contributed by atoms with Crippen LogP contribution in [0.3, 0.4) is 0 Å². The maximum Gasteiger partial charge on any atom is 0.289 e. The van der Waals surface area contributed by atoms with Gasteiger partial charge in [-0.3, -0.25) is 4.79 Å². The van der Waals surface area contributed by atoms with E-state index in [9.17, 15) is 4.79 Å². The van der Waals surface area contributed by atoms with E-state index in [4.69, 9.17) is 4.74 Å². The molecule has 0 atom stereocenters. The van der Waals surface area contributed by atoms with Gasteiger partial charge >= 0.3 is 0 Å². The number of nitrogens with zero attached hydrogens (tertiary/aromatic N) is 2. The number of amides is 1. The Hall–Kier alpha value is -2.66. The van der Waals surface area contributed by atoms with Gasteiger partial charge in [-0.25, -0.2) is 4.98 Å². The largest absolute Gasteiger partial charge is 0.365 e. The molecule has 5 heteroatoms. The molecule has 0 bridgehead atoms. The molecule has 1 fully saturated rings. The van der Waals surface area contributed by atoms with Gasteiger partial charge in [0.15, 0.2) is 5.82 Å². The summed E-state index contributed by atoms with van der Waals surface area (Å²) in [5.74, 6) is 0.391. The molecule has 1 N–H and O–H groups in total. The van der Waals surface area contributed by atoms with Gasteiger partial charge in [-0.1, -0.05) is 36.4 Å². The summed E-state index contributed by atoms with van der Waals surface area (Å²) >= 11 is 0. The molecule has 1 aromatic heterocycles. The van der Waals surface area contributed by atoms with Crippen molar-refractivity contribution in [2.24, 2.45) is 0 Å². The summed E-state index contributed by atoms with van der Waals surface area (Å²) in [4.78, 5) is 22.3. The third-order valence-electron chi connectivity index (χ3n) is 5.46. The first kappa shape index (κ1) is 14.7. The zero-order valence-corrected chi connectivity index (χ0v) is 13.9. The van der Waals surface area contributed by atoms with Crippen LogP contribution in [-0.2, 0) is 16.9 Å². The molecular formula is C20H19N3O2. The lowest BCUT2D eigenvalue weighted by Crippen LogP contribution is -2.45. The Morgan fingerprint density at radius 3 is 2.68 bits per heavy atom. The van der Waals surface area contributed by atoms with Crippen LogP contribution >= 0.6 is 0 Å². The maximum absolute atomic E-state index is 12.8. The number of carbonyl (C=O) groups is 1. The van der Waals surface area contributed by atoms with Gasteiger partial charge in [0.25, 0.3) is 5.91 Å². The predicted octanol–water partition coefficient (Wildman–Crippen LogP) is 3.22. The van der Waals surface area contributed by atoms with E-state index in [1.807, 2.05) is 29.2 Å². The van der Waals surface area contributed by atoms with Gasteiger partial charge in [0.2, 0.25) is 0 Å². The molecule has 126 valence electrons. The van der Waals surface area contributed by atoms with Gasteiger partial charge in [-0.2, -0.15) is 0 Å². The summed E-state index contributed by atoms with van der Waals surface area (Å²) in [6.45, 7) is 2.04. The van der Waals surface area contributed by atoms with Gasteiger partial charge in [-0.15, -0.1) is 0 Å². The summed E-state index contributed by atoms with van der Waals surface area (Å²) < 4.78 is 6.17. The van der Waals surface area contributed by atoms with Crippen molar-refractivity contribution in [2.75, 3.05) is 13.1 Å².